The lowest BCUT2D eigenvalue weighted by atomic mass is 10.1. The molecular formula is C29H31N3O5S. The molecule has 0 aliphatic carbocycles. The van der Waals surface area contributed by atoms with Gasteiger partial charge in [-0.25, -0.2) is 9.78 Å². The molecule has 0 radical (unpaired) electrons. The maximum absolute atomic E-state index is 13.7. The van der Waals surface area contributed by atoms with E-state index >= 15 is 0 Å². The smallest absolute Gasteiger partial charge is 0.341 e. The normalized spacial score (nSPS) is 11.1. The SMILES string of the molecule is CCN(CC)C(=O)c1sc(NC(=O)c2cc(-c3ccc(C)o3)nc3ccccc23)c(C(=O)OC(C)C)c1C. The molecule has 8 nitrogen and oxygen atoms in total. The first-order valence-corrected chi connectivity index (χ1v) is 13.4. The summed E-state index contributed by atoms with van der Waals surface area (Å²) < 4.78 is 11.2. The van der Waals surface area contributed by atoms with E-state index in [1.54, 1.807) is 31.7 Å². The summed E-state index contributed by atoms with van der Waals surface area (Å²) in [5.74, 6) is 0.0570. The van der Waals surface area contributed by atoms with Crippen LogP contribution in [0.5, 0.6) is 0 Å². The lowest BCUT2D eigenvalue weighted by molar-refractivity contribution is 0.0379. The lowest BCUT2D eigenvalue weighted by Gasteiger charge is -2.18. The van der Waals surface area contributed by atoms with Crippen LogP contribution in [0.1, 0.15) is 69.4 Å². The molecule has 0 unspecified atom stereocenters. The maximum Gasteiger partial charge on any atom is 0.341 e. The van der Waals surface area contributed by atoms with E-state index in [1.165, 1.54) is 0 Å². The highest BCUT2D eigenvalue weighted by molar-refractivity contribution is 7.18. The van der Waals surface area contributed by atoms with Gasteiger partial charge in [-0.2, -0.15) is 0 Å². The van der Waals surface area contributed by atoms with Gasteiger partial charge in [0.1, 0.15) is 16.5 Å². The predicted molar refractivity (Wildman–Crippen MR) is 149 cm³/mol. The molecule has 38 heavy (non-hydrogen) atoms. The highest BCUT2D eigenvalue weighted by Crippen LogP contribution is 2.36. The molecule has 9 heteroatoms. The Balaban J connectivity index is 1.80. The van der Waals surface area contributed by atoms with Gasteiger partial charge in [-0.1, -0.05) is 18.2 Å². The first-order valence-electron chi connectivity index (χ1n) is 12.6. The number of esters is 1. The van der Waals surface area contributed by atoms with E-state index in [1.807, 2.05) is 57.2 Å². The average molecular weight is 534 g/mol. The number of hydrogen-bond acceptors (Lipinski definition) is 7. The zero-order valence-corrected chi connectivity index (χ0v) is 23.2. The van der Waals surface area contributed by atoms with Crippen molar-refractivity contribution in [2.75, 3.05) is 18.4 Å². The number of furan rings is 1. The quantitative estimate of drug-likeness (QED) is 0.260. The summed E-state index contributed by atoms with van der Waals surface area (Å²) in [4.78, 5) is 46.8. The van der Waals surface area contributed by atoms with Crippen LogP contribution < -0.4 is 5.32 Å². The molecule has 1 N–H and O–H groups in total. The lowest BCUT2D eigenvalue weighted by Crippen LogP contribution is -2.30. The van der Waals surface area contributed by atoms with Gasteiger partial charge in [0.2, 0.25) is 0 Å². The Morgan fingerprint density at radius 3 is 2.42 bits per heavy atom. The maximum atomic E-state index is 13.7. The molecule has 4 rings (SSSR count). The molecule has 0 bridgehead atoms. The fraction of sp³-hybridized carbons (Fsp3) is 0.310. The number of carbonyl (C=O) groups excluding carboxylic acids is 3. The number of anilines is 1. The van der Waals surface area contributed by atoms with Crippen molar-refractivity contribution in [2.45, 2.75) is 47.6 Å². The number of pyridine rings is 1. The summed E-state index contributed by atoms with van der Waals surface area (Å²) in [6.07, 6.45) is -0.365. The number of aromatic nitrogens is 1. The highest BCUT2D eigenvalue weighted by atomic mass is 32.1. The van der Waals surface area contributed by atoms with E-state index < -0.39 is 11.9 Å². The van der Waals surface area contributed by atoms with Crippen LogP contribution >= 0.6 is 11.3 Å². The third-order valence-electron chi connectivity index (χ3n) is 6.12. The Hall–Kier alpha value is -3.98. The van der Waals surface area contributed by atoms with Crippen LogP contribution in [0, 0.1) is 13.8 Å². The number of carbonyl (C=O) groups is 3. The zero-order chi connectivity index (χ0) is 27.6. The fourth-order valence-corrected chi connectivity index (χ4v) is 5.37. The predicted octanol–water partition coefficient (Wildman–Crippen LogP) is 6.47. The Bertz CT molecular complexity index is 1510. The Labute approximate surface area is 225 Å². The minimum Gasteiger partial charge on any atom is -0.460 e. The standard InChI is InChI=1S/C29H31N3O5S/c1-7-32(8-2)28(34)25-18(6)24(29(35)36-16(3)4)27(38-25)31-26(33)20-15-22(23-14-13-17(5)37-23)30-21-12-10-9-11-19(20)21/h9-16H,7-8H2,1-6H3,(H,31,33). The third-order valence-corrected chi connectivity index (χ3v) is 7.31. The van der Waals surface area contributed by atoms with Gasteiger partial charge in [0.15, 0.2) is 5.76 Å². The number of rotatable bonds is 8. The van der Waals surface area contributed by atoms with Crippen molar-refractivity contribution in [1.82, 2.24) is 9.88 Å². The van der Waals surface area contributed by atoms with Gasteiger partial charge in [0.05, 0.1) is 27.6 Å². The Kier molecular flexibility index (Phi) is 7.97. The number of hydrogen-bond donors (Lipinski definition) is 1. The van der Waals surface area contributed by atoms with Gasteiger partial charge >= 0.3 is 5.97 Å². The summed E-state index contributed by atoms with van der Waals surface area (Å²) in [6, 6.07) is 12.6. The molecule has 0 aliphatic rings. The summed E-state index contributed by atoms with van der Waals surface area (Å²) >= 11 is 1.08. The van der Waals surface area contributed by atoms with Gasteiger partial charge in [0.25, 0.3) is 11.8 Å². The molecule has 0 spiro atoms. The number of amides is 2. The van der Waals surface area contributed by atoms with Crippen LogP contribution in [-0.2, 0) is 4.74 Å². The molecule has 1 aromatic carbocycles. The minimum atomic E-state index is -0.589. The molecule has 0 saturated carbocycles. The number of ether oxygens (including phenoxy) is 1. The molecule has 3 heterocycles. The topological polar surface area (TPSA) is 102 Å². The first-order chi connectivity index (χ1) is 18.1. The van der Waals surface area contributed by atoms with E-state index in [9.17, 15) is 14.4 Å². The Morgan fingerprint density at radius 1 is 1.08 bits per heavy atom. The number of benzene rings is 1. The molecule has 2 amide bonds. The van der Waals surface area contributed by atoms with Gasteiger partial charge in [-0.3, -0.25) is 9.59 Å². The molecule has 198 valence electrons. The number of thiophene rings is 1. The van der Waals surface area contributed by atoms with E-state index in [-0.39, 0.29) is 22.6 Å². The summed E-state index contributed by atoms with van der Waals surface area (Å²) in [5.41, 5.74) is 2.18. The van der Waals surface area contributed by atoms with Crippen LogP contribution in [0.25, 0.3) is 22.4 Å². The van der Waals surface area contributed by atoms with Gasteiger partial charge in [-0.15, -0.1) is 11.3 Å². The van der Waals surface area contributed by atoms with Crippen molar-refractivity contribution >= 4 is 45.0 Å². The van der Waals surface area contributed by atoms with Crippen LogP contribution in [0.4, 0.5) is 5.00 Å². The van der Waals surface area contributed by atoms with Crippen molar-refractivity contribution in [1.29, 1.82) is 0 Å². The number of aryl methyl sites for hydroxylation is 1. The van der Waals surface area contributed by atoms with Crippen molar-refractivity contribution in [3.05, 3.63) is 69.8 Å². The Morgan fingerprint density at radius 2 is 1.79 bits per heavy atom. The second-order valence-electron chi connectivity index (χ2n) is 9.13. The first kappa shape index (κ1) is 27.1. The average Bonchev–Trinajstić information content (AvgIpc) is 3.46. The molecular weight excluding hydrogens is 502 g/mol. The zero-order valence-electron chi connectivity index (χ0n) is 22.4. The minimum absolute atomic E-state index is 0.188. The van der Waals surface area contributed by atoms with Crippen LogP contribution in [0.2, 0.25) is 0 Å². The molecule has 4 aromatic rings. The van der Waals surface area contributed by atoms with Gasteiger partial charge < -0.3 is 19.4 Å². The largest absolute Gasteiger partial charge is 0.460 e. The number of fused-ring (bicyclic) bond motifs is 1. The third kappa shape index (κ3) is 5.33. The van der Waals surface area contributed by atoms with Gasteiger partial charge in [0, 0.05) is 18.5 Å². The molecule has 0 fully saturated rings. The summed E-state index contributed by atoms with van der Waals surface area (Å²) in [5, 5.41) is 3.82. The van der Waals surface area contributed by atoms with Crippen molar-refractivity contribution in [3.63, 3.8) is 0 Å². The van der Waals surface area contributed by atoms with E-state index in [0.717, 1.165) is 17.1 Å². The number of para-hydroxylation sites is 1. The molecule has 0 atom stereocenters. The van der Waals surface area contributed by atoms with Crippen molar-refractivity contribution in [3.8, 4) is 11.5 Å². The summed E-state index contributed by atoms with van der Waals surface area (Å²) in [7, 11) is 0. The van der Waals surface area contributed by atoms with E-state index in [4.69, 9.17) is 9.15 Å². The highest BCUT2D eigenvalue weighted by Gasteiger charge is 2.29. The fourth-order valence-electron chi connectivity index (χ4n) is 4.21. The molecule has 0 saturated heterocycles. The van der Waals surface area contributed by atoms with Crippen molar-refractivity contribution in [2.24, 2.45) is 0 Å². The van der Waals surface area contributed by atoms with Crippen molar-refractivity contribution < 1.29 is 23.5 Å². The van der Waals surface area contributed by atoms with E-state index in [2.05, 4.69) is 10.3 Å². The second-order valence-corrected chi connectivity index (χ2v) is 10.1. The molecule has 3 aromatic heterocycles. The molecule has 0 aliphatic heterocycles. The number of nitrogens with one attached hydrogen (secondary N) is 1. The van der Waals surface area contributed by atoms with E-state index in [0.29, 0.717) is 51.5 Å². The number of nitrogens with zero attached hydrogens (tertiary/aromatic N) is 2. The second kappa shape index (κ2) is 11.2. The van der Waals surface area contributed by atoms with Crippen LogP contribution in [0.3, 0.4) is 0 Å². The van der Waals surface area contributed by atoms with Gasteiger partial charge in [-0.05, 0) is 71.4 Å². The summed E-state index contributed by atoms with van der Waals surface area (Å²) in [6.45, 7) is 11.9. The van der Waals surface area contributed by atoms with Crippen LogP contribution in [-0.4, -0.2) is 46.9 Å². The van der Waals surface area contributed by atoms with Crippen LogP contribution in [0.15, 0.2) is 46.9 Å². The monoisotopic (exact) mass is 533 g/mol.